The van der Waals surface area contributed by atoms with Gasteiger partial charge in [0.1, 0.15) is 0 Å². The molecule has 0 saturated heterocycles. The van der Waals surface area contributed by atoms with Gasteiger partial charge < -0.3 is 5.73 Å². The fourth-order valence-electron chi connectivity index (χ4n) is 1.65. The first-order valence-corrected chi connectivity index (χ1v) is 8.65. The predicted octanol–water partition coefficient (Wildman–Crippen LogP) is 0.974. The third-order valence-electron chi connectivity index (χ3n) is 2.59. The van der Waals surface area contributed by atoms with Gasteiger partial charge in [-0.3, -0.25) is 0 Å². The van der Waals surface area contributed by atoms with Gasteiger partial charge in [0.25, 0.3) is 0 Å². The van der Waals surface area contributed by atoms with E-state index in [0.29, 0.717) is 18.5 Å². The maximum absolute atomic E-state index is 12.2. The van der Waals surface area contributed by atoms with Crippen LogP contribution in [0.2, 0.25) is 0 Å². The molecule has 21 heavy (non-hydrogen) atoms. The minimum atomic E-state index is -3.53. The molecule has 0 aliphatic heterocycles. The van der Waals surface area contributed by atoms with Crippen LogP contribution >= 0.6 is 11.3 Å². The molecular formula is C14H15N3O2S2. The van der Waals surface area contributed by atoms with Gasteiger partial charge in [-0.2, -0.15) is 0 Å². The van der Waals surface area contributed by atoms with Crippen molar-refractivity contribution < 1.29 is 8.42 Å². The zero-order chi connectivity index (χ0) is 15.1. The lowest BCUT2D eigenvalue weighted by molar-refractivity contribution is 0.581. The zero-order valence-electron chi connectivity index (χ0n) is 11.2. The second kappa shape index (κ2) is 7.33. The standard InChI is InChI=1S/C14H15N3O2S2/c15-7-2-4-12-3-1-5-13(11-12)21(18,19)17-8-6-14-16-9-10-20-14/h1,3,5,9-11,17H,6-8,15H2. The number of rotatable bonds is 5. The van der Waals surface area contributed by atoms with Gasteiger partial charge in [0, 0.05) is 30.1 Å². The normalized spacial score (nSPS) is 10.9. The molecule has 5 nitrogen and oxygen atoms in total. The van der Waals surface area contributed by atoms with E-state index in [2.05, 4.69) is 21.5 Å². The van der Waals surface area contributed by atoms with E-state index in [4.69, 9.17) is 5.73 Å². The Labute approximate surface area is 128 Å². The molecule has 1 heterocycles. The molecule has 3 N–H and O–H groups in total. The van der Waals surface area contributed by atoms with Crippen LogP contribution in [0.3, 0.4) is 0 Å². The van der Waals surface area contributed by atoms with E-state index < -0.39 is 10.0 Å². The largest absolute Gasteiger partial charge is 0.320 e. The molecular weight excluding hydrogens is 306 g/mol. The molecule has 0 radical (unpaired) electrons. The van der Waals surface area contributed by atoms with Crippen molar-refractivity contribution in [2.75, 3.05) is 13.1 Å². The first-order chi connectivity index (χ1) is 10.1. The molecule has 1 aromatic carbocycles. The van der Waals surface area contributed by atoms with Crippen LogP contribution in [0, 0.1) is 11.8 Å². The highest BCUT2D eigenvalue weighted by molar-refractivity contribution is 7.89. The van der Waals surface area contributed by atoms with Crippen LogP contribution in [0.1, 0.15) is 10.6 Å². The number of aromatic nitrogens is 1. The Kier molecular flexibility index (Phi) is 5.47. The van der Waals surface area contributed by atoms with Crippen molar-refractivity contribution in [3.8, 4) is 11.8 Å². The van der Waals surface area contributed by atoms with Crippen LogP contribution in [0.4, 0.5) is 0 Å². The molecule has 0 amide bonds. The summed E-state index contributed by atoms with van der Waals surface area (Å²) >= 11 is 1.50. The van der Waals surface area contributed by atoms with Gasteiger partial charge in [0.15, 0.2) is 0 Å². The van der Waals surface area contributed by atoms with Crippen LogP contribution in [0.25, 0.3) is 0 Å². The monoisotopic (exact) mass is 321 g/mol. The van der Waals surface area contributed by atoms with Crippen LogP contribution in [0.15, 0.2) is 40.7 Å². The topological polar surface area (TPSA) is 85.1 Å². The van der Waals surface area contributed by atoms with E-state index in [-0.39, 0.29) is 11.4 Å². The zero-order valence-corrected chi connectivity index (χ0v) is 12.9. The SMILES string of the molecule is NCC#Cc1cccc(S(=O)(=O)NCCc2nccs2)c1. The number of nitrogens with one attached hydrogen (secondary N) is 1. The van der Waals surface area contributed by atoms with E-state index in [9.17, 15) is 8.42 Å². The number of thiazole rings is 1. The maximum atomic E-state index is 12.2. The van der Waals surface area contributed by atoms with Crippen molar-refractivity contribution in [1.82, 2.24) is 9.71 Å². The van der Waals surface area contributed by atoms with Crippen LogP contribution in [-0.4, -0.2) is 26.5 Å². The summed E-state index contributed by atoms with van der Waals surface area (Å²) in [5, 5.41) is 2.77. The molecule has 0 bridgehead atoms. The molecule has 0 spiro atoms. The second-order valence-corrected chi connectivity index (χ2v) is 6.85. The van der Waals surface area contributed by atoms with Crippen LogP contribution in [0.5, 0.6) is 0 Å². The van der Waals surface area contributed by atoms with Crippen LogP contribution < -0.4 is 10.5 Å². The molecule has 0 aliphatic carbocycles. The molecule has 1 aromatic heterocycles. The summed E-state index contributed by atoms with van der Waals surface area (Å²) in [6.45, 7) is 0.553. The van der Waals surface area contributed by atoms with Gasteiger partial charge in [-0.05, 0) is 18.2 Å². The minimum absolute atomic E-state index is 0.200. The van der Waals surface area contributed by atoms with E-state index >= 15 is 0 Å². The van der Waals surface area contributed by atoms with Crippen molar-refractivity contribution in [1.29, 1.82) is 0 Å². The van der Waals surface area contributed by atoms with Gasteiger partial charge in [-0.25, -0.2) is 18.1 Å². The maximum Gasteiger partial charge on any atom is 0.240 e. The summed E-state index contributed by atoms with van der Waals surface area (Å²) < 4.78 is 26.9. The average Bonchev–Trinajstić information content (AvgIpc) is 2.98. The van der Waals surface area contributed by atoms with E-state index in [1.807, 2.05) is 5.38 Å². The van der Waals surface area contributed by atoms with Gasteiger partial charge in [0.05, 0.1) is 16.4 Å². The van der Waals surface area contributed by atoms with Crippen molar-refractivity contribution in [2.45, 2.75) is 11.3 Å². The third-order valence-corrected chi connectivity index (χ3v) is 4.89. The summed E-state index contributed by atoms with van der Waals surface area (Å²) in [7, 11) is -3.53. The molecule has 110 valence electrons. The van der Waals surface area contributed by atoms with E-state index in [1.165, 1.54) is 17.4 Å². The summed E-state index contributed by atoms with van der Waals surface area (Å²) in [4.78, 5) is 4.31. The second-order valence-electron chi connectivity index (χ2n) is 4.11. The lowest BCUT2D eigenvalue weighted by Crippen LogP contribution is -2.26. The Balaban J connectivity index is 2.04. The predicted molar refractivity (Wildman–Crippen MR) is 83.4 cm³/mol. The molecule has 2 aromatic rings. The van der Waals surface area contributed by atoms with Gasteiger partial charge in [0.2, 0.25) is 10.0 Å². The molecule has 2 rings (SSSR count). The summed E-state index contributed by atoms with van der Waals surface area (Å²) in [5.74, 6) is 5.52. The number of benzene rings is 1. The molecule has 0 aliphatic rings. The van der Waals surface area contributed by atoms with Crippen LogP contribution in [-0.2, 0) is 16.4 Å². The average molecular weight is 321 g/mol. The summed E-state index contributed by atoms with van der Waals surface area (Å²) in [6, 6.07) is 6.49. The molecule has 0 unspecified atom stereocenters. The van der Waals surface area contributed by atoms with Gasteiger partial charge in [-0.15, -0.1) is 11.3 Å². The lowest BCUT2D eigenvalue weighted by atomic mass is 10.2. The van der Waals surface area contributed by atoms with Gasteiger partial charge >= 0.3 is 0 Å². The Morgan fingerprint density at radius 2 is 2.24 bits per heavy atom. The van der Waals surface area contributed by atoms with E-state index in [0.717, 1.165) is 5.01 Å². The quantitative estimate of drug-likeness (QED) is 0.804. The Morgan fingerprint density at radius 3 is 2.95 bits per heavy atom. The number of hydrogen-bond acceptors (Lipinski definition) is 5. The van der Waals surface area contributed by atoms with E-state index in [1.54, 1.807) is 24.4 Å². The highest BCUT2D eigenvalue weighted by atomic mass is 32.2. The van der Waals surface area contributed by atoms with Crippen molar-refractivity contribution >= 4 is 21.4 Å². The first-order valence-electron chi connectivity index (χ1n) is 6.29. The molecule has 7 heteroatoms. The number of nitrogens with zero attached hydrogens (tertiary/aromatic N) is 1. The summed E-state index contributed by atoms with van der Waals surface area (Å²) in [6.07, 6.45) is 2.28. The molecule has 0 atom stereocenters. The summed E-state index contributed by atoms with van der Waals surface area (Å²) in [5.41, 5.74) is 5.93. The Bertz CT molecular complexity index is 744. The fourth-order valence-corrected chi connectivity index (χ4v) is 3.34. The smallest absolute Gasteiger partial charge is 0.240 e. The Morgan fingerprint density at radius 1 is 1.38 bits per heavy atom. The molecule has 0 saturated carbocycles. The lowest BCUT2D eigenvalue weighted by Gasteiger charge is -2.06. The third kappa shape index (κ3) is 4.65. The Hall–Kier alpha value is -1.72. The minimum Gasteiger partial charge on any atom is -0.320 e. The van der Waals surface area contributed by atoms with Crippen molar-refractivity contribution in [2.24, 2.45) is 5.73 Å². The number of hydrogen-bond donors (Lipinski definition) is 2. The highest BCUT2D eigenvalue weighted by Crippen LogP contribution is 2.11. The van der Waals surface area contributed by atoms with Crippen molar-refractivity contribution in [3.63, 3.8) is 0 Å². The van der Waals surface area contributed by atoms with Crippen molar-refractivity contribution in [3.05, 3.63) is 46.4 Å². The number of sulfonamides is 1. The number of nitrogens with two attached hydrogens (primary N) is 1. The highest BCUT2D eigenvalue weighted by Gasteiger charge is 2.13. The fraction of sp³-hybridized carbons (Fsp3) is 0.214. The van der Waals surface area contributed by atoms with Gasteiger partial charge in [-0.1, -0.05) is 17.9 Å². The molecule has 0 fully saturated rings. The first kappa shape index (κ1) is 15.7.